The summed E-state index contributed by atoms with van der Waals surface area (Å²) in [6, 6.07) is 14.1. The molecular weight excluding hydrogens is 326 g/mol. The third kappa shape index (κ3) is 3.32. The minimum Gasteiger partial charge on any atom is -1.00 e. The van der Waals surface area contributed by atoms with Crippen molar-refractivity contribution in [2.24, 2.45) is 14.1 Å². The van der Waals surface area contributed by atoms with Gasteiger partial charge in [0.15, 0.2) is 0 Å². The van der Waals surface area contributed by atoms with Crippen LogP contribution in [0.2, 0.25) is 0 Å². The highest BCUT2D eigenvalue weighted by Gasteiger charge is 2.08. The molecule has 0 aliphatic carbocycles. The van der Waals surface area contributed by atoms with Gasteiger partial charge in [-0.1, -0.05) is 24.3 Å². The predicted molar refractivity (Wildman–Crippen MR) is 91.7 cm³/mol. The highest BCUT2D eigenvalue weighted by molar-refractivity contribution is 5.76. The molecule has 0 saturated carbocycles. The van der Waals surface area contributed by atoms with Gasteiger partial charge in [0.1, 0.15) is 5.75 Å². The molecule has 6 heteroatoms. The first-order valence-electron chi connectivity index (χ1n) is 7.58. The lowest BCUT2D eigenvalue weighted by Gasteiger charge is -2.09. The molecule has 128 valence electrons. The molecule has 0 amide bonds. The van der Waals surface area contributed by atoms with Crippen LogP contribution < -0.4 is 28.2 Å². The summed E-state index contributed by atoms with van der Waals surface area (Å²) in [5.41, 5.74) is 4.18. The summed E-state index contributed by atoms with van der Waals surface area (Å²) in [6.07, 6.45) is 0. The molecule has 5 nitrogen and oxygen atoms in total. The number of nitrogens with zero attached hydrogens (tertiary/aromatic N) is 2. The van der Waals surface area contributed by atoms with Gasteiger partial charge in [-0.2, -0.15) is 0 Å². The van der Waals surface area contributed by atoms with E-state index in [1.807, 2.05) is 24.3 Å². The molecule has 3 rings (SSSR count). The Hall–Kier alpha value is -2.24. The van der Waals surface area contributed by atoms with Gasteiger partial charge in [0.25, 0.3) is 0 Å². The molecule has 2 aromatic carbocycles. The van der Waals surface area contributed by atoms with Crippen LogP contribution in [-0.4, -0.2) is 16.2 Å². The van der Waals surface area contributed by atoms with Crippen LogP contribution in [0, 0.1) is 0 Å². The normalized spacial score (nSPS) is 10.6. The van der Waals surface area contributed by atoms with Crippen LogP contribution in [-0.2, 0) is 27.2 Å². The molecule has 0 fully saturated rings. The van der Waals surface area contributed by atoms with E-state index >= 15 is 0 Å². The highest BCUT2D eigenvalue weighted by atomic mass is 35.5. The third-order valence-electron chi connectivity index (χ3n) is 4.17. The number of aromatic nitrogens is 2. The van der Waals surface area contributed by atoms with Gasteiger partial charge in [-0.3, -0.25) is 9.13 Å². The number of rotatable bonds is 5. The Balaban J connectivity index is 0.00000208. The van der Waals surface area contributed by atoms with Gasteiger partial charge in [-0.05, 0) is 23.8 Å². The molecule has 0 atom stereocenters. The summed E-state index contributed by atoms with van der Waals surface area (Å²) in [5, 5.41) is 3.42. The molecule has 1 heterocycles. The van der Waals surface area contributed by atoms with Crippen LogP contribution in [0.25, 0.3) is 11.0 Å². The maximum atomic E-state index is 12.0. The summed E-state index contributed by atoms with van der Waals surface area (Å²) in [6.45, 7) is 1.47. The monoisotopic (exact) mass is 346 g/mol. The molecule has 0 spiro atoms. The van der Waals surface area contributed by atoms with E-state index in [9.17, 15) is 4.79 Å². The van der Waals surface area contributed by atoms with E-state index in [1.54, 1.807) is 30.3 Å². The maximum Gasteiger partial charge on any atom is 0.328 e. The Labute approximate surface area is 147 Å². The van der Waals surface area contributed by atoms with Gasteiger partial charge in [0, 0.05) is 32.7 Å². The van der Waals surface area contributed by atoms with Gasteiger partial charge in [-0.15, -0.1) is 0 Å². The van der Waals surface area contributed by atoms with Gasteiger partial charge in [0.2, 0.25) is 0 Å². The molecule has 24 heavy (non-hydrogen) atoms. The number of nitrogens with one attached hydrogen (secondary N) is 1. The van der Waals surface area contributed by atoms with E-state index < -0.39 is 0 Å². The molecular formula is C18H21ClN3O2-. The summed E-state index contributed by atoms with van der Waals surface area (Å²) < 4.78 is 8.70. The van der Waals surface area contributed by atoms with Crippen molar-refractivity contribution in [1.82, 2.24) is 14.5 Å². The van der Waals surface area contributed by atoms with Crippen LogP contribution in [0.5, 0.6) is 5.75 Å². The Morgan fingerprint density at radius 3 is 2.46 bits per heavy atom. The van der Waals surface area contributed by atoms with Crippen LogP contribution >= 0.6 is 0 Å². The van der Waals surface area contributed by atoms with E-state index in [2.05, 4.69) is 23.5 Å². The maximum absolute atomic E-state index is 12.0. The molecule has 3 aromatic rings. The number of hydrogen-bond acceptors (Lipinski definition) is 3. The Kier molecular flexibility index (Phi) is 5.70. The van der Waals surface area contributed by atoms with E-state index in [4.69, 9.17) is 4.74 Å². The Morgan fingerprint density at radius 2 is 1.71 bits per heavy atom. The van der Waals surface area contributed by atoms with Gasteiger partial charge >= 0.3 is 5.69 Å². The fourth-order valence-electron chi connectivity index (χ4n) is 2.85. The van der Waals surface area contributed by atoms with Crippen LogP contribution in [0.3, 0.4) is 0 Å². The summed E-state index contributed by atoms with van der Waals surface area (Å²) in [5.74, 6) is 0.890. The number of para-hydroxylation sites is 1. The largest absolute Gasteiger partial charge is 1.00 e. The zero-order chi connectivity index (χ0) is 16.4. The van der Waals surface area contributed by atoms with E-state index in [-0.39, 0.29) is 18.1 Å². The topological polar surface area (TPSA) is 48.2 Å². The molecule has 0 aliphatic rings. The first-order chi connectivity index (χ1) is 11.1. The number of aryl methyl sites for hydroxylation is 2. The predicted octanol–water partition coefficient (Wildman–Crippen LogP) is -0.821. The van der Waals surface area contributed by atoms with Crippen LogP contribution in [0.1, 0.15) is 11.1 Å². The fourth-order valence-corrected chi connectivity index (χ4v) is 2.85. The number of ether oxygens (including phenoxy) is 1. The second-order valence-electron chi connectivity index (χ2n) is 5.64. The lowest BCUT2D eigenvalue weighted by molar-refractivity contribution is -0.00000513. The molecule has 1 N–H and O–H groups in total. The fraction of sp³-hybridized carbons (Fsp3) is 0.278. The van der Waals surface area contributed by atoms with Crippen LogP contribution in [0.15, 0.2) is 47.3 Å². The molecule has 0 unspecified atom stereocenters. The Bertz CT molecular complexity index is 899. The number of fused-ring (bicyclic) bond motifs is 1. The standard InChI is InChI=1S/C18H21N3O2.ClH/c1-20-15-9-8-13(10-16(15)21(2)18(20)22)11-19-12-14-6-4-5-7-17(14)23-3;/h4-10,19H,11-12H2,1-3H3;1H/p-1. The summed E-state index contributed by atoms with van der Waals surface area (Å²) in [4.78, 5) is 12.0. The minimum absolute atomic E-state index is 0. The van der Waals surface area contributed by atoms with Gasteiger partial charge in [-0.25, -0.2) is 4.79 Å². The molecule has 1 aromatic heterocycles. The lowest BCUT2D eigenvalue weighted by Crippen LogP contribution is -3.00. The first kappa shape index (κ1) is 18.1. The van der Waals surface area contributed by atoms with Crippen molar-refractivity contribution in [1.29, 1.82) is 0 Å². The smallest absolute Gasteiger partial charge is 0.328 e. The lowest BCUT2D eigenvalue weighted by atomic mass is 10.1. The van der Waals surface area contributed by atoms with Gasteiger partial charge in [0.05, 0.1) is 18.1 Å². The molecule has 0 aliphatic heterocycles. The van der Waals surface area contributed by atoms with Crippen molar-refractivity contribution in [3.8, 4) is 5.75 Å². The van der Waals surface area contributed by atoms with E-state index in [0.29, 0.717) is 0 Å². The highest BCUT2D eigenvalue weighted by Crippen LogP contribution is 2.17. The van der Waals surface area contributed by atoms with Crippen molar-refractivity contribution < 1.29 is 17.1 Å². The molecule has 0 saturated heterocycles. The SMILES string of the molecule is COc1ccccc1CNCc1ccc2c(c1)n(C)c(=O)n2C.[Cl-]. The number of benzene rings is 2. The number of methoxy groups -OCH3 is 1. The van der Waals surface area contributed by atoms with Crippen molar-refractivity contribution in [2.75, 3.05) is 7.11 Å². The van der Waals surface area contributed by atoms with E-state index in [1.165, 1.54) is 0 Å². The zero-order valence-electron chi connectivity index (χ0n) is 14.0. The summed E-state index contributed by atoms with van der Waals surface area (Å²) >= 11 is 0. The molecule has 0 bridgehead atoms. The zero-order valence-corrected chi connectivity index (χ0v) is 14.8. The first-order valence-corrected chi connectivity index (χ1v) is 7.58. The minimum atomic E-state index is -0.000805. The van der Waals surface area contributed by atoms with E-state index in [0.717, 1.165) is 41.0 Å². The average Bonchev–Trinajstić information content (AvgIpc) is 2.80. The van der Waals surface area contributed by atoms with Crippen LogP contribution in [0.4, 0.5) is 0 Å². The van der Waals surface area contributed by atoms with Gasteiger partial charge < -0.3 is 22.5 Å². The van der Waals surface area contributed by atoms with Crippen molar-refractivity contribution in [3.63, 3.8) is 0 Å². The quantitative estimate of drug-likeness (QED) is 0.657. The second-order valence-corrected chi connectivity index (χ2v) is 5.64. The molecule has 0 radical (unpaired) electrons. The summed E-state index contributed by atoms with van der Waals surface area (Å²) in [7, 11) is 5.28. The number of imidazole rings is 1. The van der Waals surface area contributed by atoms with Crippen molar-refractivity contribution in [3.05, 3.63) is 64.1 Å². The third-order valence-corrected chi connectivity index (χ3v) is 4.17. The number of hydrogen-bond donors (Lipinski definition) is 1. The average molecular weight is 347 g/mol. The Morgan fingerprint density at radius 1 is 1.00 bits per heavy atom. The second kappa shape index (κ2) is 7.55. The van der Waals surface area contributed by atoms with Crippen molar-refractivity contribution >= 4 is 11.0 Å². The van der Waals surface area contributed by atoms with Crippen molar-refractivity contribution in [2.45, 2.75) is 13.1 Å². The number of halogens is 1.